The van der Waals surface area contributed by atoms with E-state index in [2.05, 4.69) is 4.72 Å². The summed E-state index contributed by atoms with van der Waals surface area (Å²) < 4.78 is 44.5. The number of rotatable bonds is 10. The molecule has 0 bridgehead atoms. The van der Waals surface area contributed by atoms with Gasteiger partial charge in [-0.15, -0.1) is 0 Å². The number of benzene rings is 1. The normalized spacial score (nSPS) is 13.6. The number of hydrogen-bond donors (Lipinski definition) is 1. The van der Waals surface area contributed by atoms with Crippen molar-refractivity contribution in [2.24, 2.45) is 0 Å². The van der Waals surface area contributed by atoms with Crippen molar-refractivity contribution in [1.29, 1.82) is 0 Å². The summed E-state index contributed by atoms with van der Waals surface area (Å²) in [7, 11) is -3.83. The Hall–Kier alpha value is -3.37. The number of ketones is 1. The molecular formula is C24H26N2O7S. The summed E-state index contributed by atoms with van der Waals surface area (Å²) in [5.74, 6) is -0.826. The third-order valence-corrected chi connectivity index (χ3v) is 6.81. The fourth-order valence-electron chi connectivity index (χ4n) is 3.63. The molecule has 1 aromatic carbocycles. The van der Waals surface area contributed by atoms with Crippen molar-refractivity contribution in [2.45, 2.75) is 44.7 Å². The van der Waals surface area contributed by atoms with E-state index in [9.17, 15) is 18.0 Å². The van der Waals surface area contributed by atoms with Crippen LogP contribution in [0.25, 0.3) is 5.69 Å². The van der Waals surface area contributed by atoms with Gasteiger partial charge in [0.05, 0.1) is 6.61 Å². The van der Waals surface area contributed by atoms with Crippen LogP contribution in [-0.4, -0.2) is 44.0 Å². The molecule has 1 aliphatic rings. The van der Waals surface area contributed by atoms with Gasteiger partial charge in [0.15, 0.2) is 6.61 Å². The zero-order valence-electron chi connectivity index (χ0n) is 19.2. The Morgan fingerprint density at radius 1 is 1.12 bits per heavy atom. The van der Waals surface area contributed by atoms with Crippen molar-refractivity contribution in [2.75, 3.05) is 13.2 Å². The van der Waals surface area contributed by atoms with Gasteiger partial charge >= 0.3 is 5.97 Å². The van der Waals surface area contributed by atoms with E-state index in [1.807, 2.05) is 49.6 Å². The van der Waals surface area contributed by atoms with Crippen LogP contribution in [0.15, 0.2) is 52.0 Å². The van der Waals surface area contributed by atoms with E-state index in [0.717, 1.165) is 30.0 Å². The van der Waals surface area contributed by atoms with Gasteiger partial charge < -0.3 is 18.5 Å². The van der Waals surface area contributed by atoms with Gasteiger partial charge in [-0.25, -0.2) is 17.9 Å². The van der Waals surface area contributed by atoms with Gasteiger partial charge in [0.25, 0.3) is 10.0 Å². The number of nitrogens with zero attached hydrogens (tertiary/aromatic N) is 1. The molecule has 0 saturated heterocycles. The lowest BCUT2D eigenvalue weighted by Crippen LogP contribution is -2.25. The highest BCUT2D eigenvalue weighted by Crippen LogP contribution is 2.25. The molecular weight excluding hydrogens is 460 g/mol. The quantitative estimate of drug-likeness (QED) is 0.344. The molecule has 0 aliphatic heterocycles. The van der Waals surface area contributed by atoms with Crippen molar-refractivity contribution in [3.63, 3.8) is 0 Å². The molecule has 2 aromatic heterocycles. The minimum Gasteiger partial charge on any atom is -0.494 e. The van der Waals surface area contributed by atoms with Crippen LogP contribution in [0.3, 0.4) is 0 Å². The molecule has 0 atom stereocenters. The summed E-state index contributed by atoms with van der Waals surface area (Å²) in [6.07, 6.45) is 1.55. The number of esters is 1. The topological polar surface area (TPSA) is 117 Å². The number of hydrogen-bond acceptors (Lipinski definition) is 7. The maximum Gasteiger partial charge on any atom is 0.374 e. The molecule has 1 aliphatic carbocycles. The first-order chi connectivity index (χ1) is 16.2. The lowest BCUT2D eigenvalue weighted by Gasteiger charge is -2.11. The first kappa shape index (κ1) is 23.8. The molecule has 0 amide bonds. The molecule has 0 unspecified atom stereocenters. The minimum absolute atomic E-state index is 0.0928. The standard InChI is InChI=1S/C24H26N2O7S/c1-4-31-19-9-7-18(8-10-19)26-15(2)13-20(16(26)3)21(27)14-32-24(28)22-11-12-23(33-22)34(29,30)25-17-5-6-17/h7-13,17,25H,4-6,14H2,1-3H3. The van der Waals surface area contributed by atoms with Crippen LogP contribution < -0.4 is 9.46 Å². The Morgan fingerprint density at radius 3 is 2.47 bits per heavy atom. The molecule has 0 spiro atoms. The number of ether oxygens (including phenoxy) is 2. The van der Waals surface area contributed by atoms with Crippen molar-refractivity contribution in [3.05, 3.63) is 65.2 Å². The van der Waals surface area contributed by atoms with Crippen molar-refractivity contribution < 1.29 is 31.9 Å². The number of nitrogens with one attached hydrogen (secondary N) is 1. The molecule has 1 fully saturated rings. The summed E-state index contributed by atoms with van der Waals surface area (Å²) in [6.45, 7) is 5.68. The Morgan fingerprint density at radius 2 is 1.82 bits per heavy atom. The largest absolute Gasteiger partial charge is 0.494 e. The molecule has 2 heterocycles. The minimum atomic E-state index is -3.83. The van der Waals surface area contributed by atoms with Crippen molar-refractivity contribution in [1.82, 2.24) is 9.29 Å². The average Bonchev–Trinajstić information content (AvgIpc) is 3.34. The van der Waals surface area contributed by atoms with Gasteiger partial charge in [-0.1, -0.05) is 0 Å². The second kappa shape index (κ2) is 9.47. The number of Topliss-reactive ketones (excluding diaryl/α,β-unsaturated/α-hetero) is 1. The fraction of sp³-hybridized carbons (Fsp3) is 0.333. The molecule has 1 N–H and O–H groups in total. The molecule has 0 radical (unpaired) electrons. The Labute approximate surface area is 197 Å². The first-order valence-corrected chi connectivity index (χ1v) is 12.4. The van der Waals surface area contributed by atoms with Gasteiger partial charge in [0.1, 0.15) is 5.75 Å². The maximum atomic E-state index is 12.8. The molecule has 34 heavy (non-hydrogen) atoms. The van der Waals surface area contributed by atoms with E-state index in [0.29, 0.717) is 17.9 Å². The summed E-state index contributed by atoms with van der Waals surface area (Å²) in [4.78, 5) is 25.1. The van der Waals surface area contributed by atoms with E-state index in [4.69, 9.17) is 13.9 Å². The number of carbonyl (C=O) groups is 2. The number of furan rings is 1. The molecule has 1 saturated carbocycles. The third-order valence-electron chi connectivity index (χ3n) is 5.42. The Bertz CT molecular complexity index is 1320. The number of sulfonamides is 1. The summed E-state index contributed by atoms with van der Waals surface area (Å²) in [6, 6.07) is 11.6. The lowest BCUT2D eigenvalue weighted by molar-refractivity contribution is 0.0438. The van der Waals surface area contributed by atoms with Crippen LogP contribution >= 0.6 is 0 Å². The zero-order chi connectivity index (χ0) is 24.5. The summed E-state index contributed by atoms with van der Waals surface area (Å²) in [5, 5.41) is -0.364. The van der Waals surface area contributed by atoms with Crippen LogP contribution in [0.1, 0.15) is 52.1 Å². The van der Waals surface area contributed by atoms with Crippen LogP contribution in [0, 0.1) is 13.8 Å². The lowest BCUT2D eigenvalue weighted by atomic mass is 10.1. The number of aromatic nitrogens is 1. The van der Waals surface area contributed by atoms with E-state index >= 15 is 0 Å². The zero-order valence-corrected chi connectivity index (χ0v) is 20.0. The van der Waals surface area contributed by atoms with Crippen LogP contribution in [0.2, 0.25) is 0 Å². The highest BCUT2D eigenvalue weighted by atomic mass is 32.2. The van der Waals surface area contributed by atoms with E-state index in [-0.39, 0.29) is 22.7 Å². The second-order valence-corrected chi connectivity index (χ2v) is 9.71. The van der Waals surface area contributed by atoms with Gasteiger partial charge in [-0.2, -0.15) is 0 Å². The van der Waals surface area contributed by atoms with Gasteiger partial charge in [0, 0.05) is 28.7 Å². The van der Waals surface area contributed by atoms with Gasteiger partial charge in [-0.3, -0.25) is 4.79 Å². The average molecular weight is 487 g/mol. The SMILES string of the molecule is CCOc1ccc(-n2c(C)cc(C(=O)COC(=O)c3ccc(S(=O)(=O)NC4CC4)o3)c2C)cc1. The number of carbonyl (C=O) groups excluding carboxylic acids is 2. The van der Waals surface area contributed by atoms with E-state index in [1.54, 1.807) is 6.07 Å². The van der Waals surface area contributed by atoms with Gasteiger partial charge in [0.2, 0.25) is 16.6 Å². The van der Waals surface area contributed by atoms with Crippen molar-refractivity contribution >= 4 is 21.8 Å². The Balaban J connectivity index is 1.42. The van der Waals surface area contributed by atoms with E-state index < -0.39 is 22.6 Å². The van der Waals surface area contributed by atoms with Crippen LogP contribution in [0.4, 0.5) is 0 Å². The molecule has 180 valence electrons. The molecule has 9 nitrogen and oxygen atoms in total. The first-order valence-electron chi connectivity index (χ1n) is 10.9. The molecule has 3 aromatic rings. The second-order valence-electron chi connectivity index (χ2n) is 8.06. The monoisotopic (exact) mass is 486 g/mol. The van der Waals surface area contributed by atoms with Gasteiger partial charge in [-0.05, 0) is 76.1 Å². The maximum absolute atomic E-state index is 12.8. The van der Waals surface area contributed by atoms with Crippen LogP contribution in [-0.2, 0) is 14.8 Å². The van der Waals surface area contributed by atoms with Crippen molar-refractivity contribution in [3.8, 4) is 11.4 Å². The predicted octanol–water partition coefficient (Wildman–Crippen LogP) is 3.57. The summed E-state index contributed by atoms with van der Waals surface area (Å²) in [5.41, 5.74) is 2.86. The third kappa shape index (κ3) is 5.07. The fourth-order valence-corrected chi connectivity index (χ4v) is 4.87. The van der Waals surface area contributed by atoms with E-state index in [1.165, 1.54) is 12.1 Å². The smallest absolute Gasteiger partial charge is 0.374 e. The number of aryl methyl sites for hydroxylation is 1. The highest BCUT2D eigenvalue weighted by Gasteiger charge is 2.30. The highest BCUT2D eigenvalue weighted by molar-refractivity contribution is 7.89. The Kier molecular flexibility index (Phi) is 6.63. The predicted molar refractivity (Wildman–Crippen MR) is 123 cm³/mol. The summed E-state index contributed by atoms with van der Waals surface area (Å²) >= 11 is 0. The molecule has 4 rings (SSSR count). The molecule has 10 heteroatoms. The van der Waals surface area contributed by atoms with Crippen LogP contribution in [0.5, 0.6) is 5.75 Å².